The van der Waals surface area contributed by atoms with Gasteiger partial charge in [-0.25, -0.2) is 4.79 Å². The van der Waals surface area contributed by atoms with E-state index in [4.69, 9.17) is 17.0 Å². The summed E-state index contributed by atoms with van der Waals surface area (Å²) in [5.74, 6) is 1.62. The van der Waals surface area contributed by atoms with Crippen LogP contribution < -0.4 is 10.6 Å². The average molecular weight is 375 g/mol. The highest BCUT2D eigenvalue weighted by Gasteiger charge is 2.07. The Morgan fingerprint density at radius 2 is 1.96 bits per heavy atom. The molecular weight excluding hydrogens is 352 g/mol. The zero-order valence-electron chi connectivity index (χ0n) is 14.2. The molecule has 2 rings (SSSR count). The summed E-state index contributed by atoms with van der Waals surface area (Å²) in [6.07, 6.45) is 0. The SMILES string of the molecule is CCOC(=O)c1cccc(NC(=S)NCCSCc2ccccc2)c1. The quantitative estimate of drug-likeness (QED) is 0.412. The largest absolute Gasteiger partial charge is 0.462 e. The third-order valence-electron chi connectivity index (χ3n) is 3.28. The van der Waals surface area contributed by atoms with E-state index >= 15 is 0 Å². The molecule has 0 radical (unpaired) electrons. The van der Waals surface area contributed by atoms with Gasteiger partial charge in [0.1, 0.15) is 0 Å². The molecule has 6 heteroatoms. The van der Waals surface area contributed by atoms with Crippen LogP contribution in [-0.2, 0) is 10.5 Å². The Morgan fingerprint density at radius 1 is 1.16 bits per heavy atom. The number of thioether (sulfide) groups is 1. The molecule has 0 aliphatic carbocycles. The van der Waals surface area contributed by atoms with E-state index in [-0.39, 0.29) is 5.97 Å². The Hall–Kier alpha value is -2.05. The molecule has 0 saturated heterocycles. The third kappa shape index (κ3) is 7.15. The maximum atomic E-state index is 11.7. The van der Waals surface area contributed by atoms with Gasteiger partial charge in [0.05, 0.1) is 12.2 Å². The number of hydrogen-bond donors (Lipinski definition) is 2. The lowest BCUT2D eigenvalue weighted by Gasteiger charge is -2.11. The van der Waals surface area contributed by atoms with Crippen LogP contribution in [0.2, 0.25) is 0 Å². The van der Waals surface area contributed by atoms with E-state index in [1.54, 1.807) is 25.1 Å². The van der Waals surface area contributed by atoms with E-state index in [0.29, 0.717) is 17.3 Å². The molecule has 0 unspecified atom stereocenters. The van der Waals surface area contributed by atoms with Crippen LogP contribution in [-0.4, -0.2) is 30.0 Å². The molecule has 2 aromatic rings. The molecule has 4 nitrogen and oxygen atoms in total. The van der Waals surface area contributed by atoms with E-state index in [1.165, 1.54) is 5.56 Å². The number of rotatable bonds is 8. The molecule has 0 amide bonds. The molecule has 132 valence electrons. The predicted molar refractivity (Wildman–Crippen MR) is 109 cm³/mol. The summed E-state index contributed by atoms with van der Waals surface area (Å²) in [6.45, 7) is 2.92. The van der Waals surface area contributed by atoms with Crippen LogP contribution in [0.3, 0.4) is 0 Å². The number of ether oxygens (including phenoxy) is 1. The second-order valence-corrected chi connectivity index (χ2v) is 6.73. The summed E-state index contributed by atoms with van der Waals surface area (Å²) < 4.78 is 5.00. The number of esters is 1. The highest BCUT2D eigenvalue weighted by Crippen LogP contribution is 2.12. The van der Waals surface area contributed by atoms with Gasteiger partial charge in [-0.1, -0.05) is 36.4 Å². The van der Waals surface area contributed by atoms with E-state index in [2.05, 4.69) is 34.9 Å². The molecule has 25 heavy (non-hydrogen) atoms. The number of carbonyl (C=O) groups is 1. The van der Waals surface area contributed by atoms with E-state index in [1.807, 2.05) is 23.9 Å². The van der Waals surface area contributed by atoms with E-state index in [0.717, 1.165) is 23.7 Å². The van der Waals surface area contributed by atoms with Crippen LogP contribution in [0.5, 0.6) is 0 Å². The number of hydrogen-bond acceptors (Lipinski definition) is 4. The van der Waals surface area contributed by atoms with Gasteiger partial charge in [0, 0.05) is 23.7 Å². The van der Waals surface area contributed by atoms with Gasteiger partial charge in [0.2, 0.25) is 0 Å². The van der Waals surface area contributed by atoms with E-state index in [9.17, 15) is 4.79 Å². The lowest BCUT2D eigenvalue weighted by Crippen LogP contribution is -2.30. The van der Waals surface area contributed by atoms with Gasteiger partial charge >= 0.3 is 5.97 Å². The topological polar surface area (TPSA) is 50.4 Å². The fourth-order valence-corrected chi connectivity index (χ4v) is 3.15. The lowest BCUT2D eigenvalue weighted by atomic mass is 10.2. The smallest absolute Gasteiger partial charge is 0.338 e. The van der Waals surface area contributed by atoms with Gasteiger partial charge in [0.15, 0.2) is 5.11 Å². The van der Waals surface area contributed by atoms with Crippen LogP contribution in [0.25, 0.3) is 0 Å². The monoisotopic (exact) mass is 374 g/mol. The first kappa shape index (κ1) is 19.3. The highest BCUT2D eigenvalue weighted by molar-refractivity contribution is 7.98. The Morgan fingerprint density at radius 3 is 2.72 bits per heavy atom. The molecule has 2 N–H and O–H groups in total. The van der Waals surface area contributed by atoms with Gasteiger partial charge in [-0.15, -0.1) is 0 Å². The molecule has 2 aromatic carbocycles. The van der Waals surface area contributed by atoms with Crippen LogP contribution in [0.1, 0.15) is 22.8 Å². The minimum Gasteiger partial charge on any atom is -0.462 e. The fraction of sp³-hybridized carbons (Fsp3) is 0.263. The molecule has 0 aromatic heterocycles. The van der Waals surface area contributed by atoms with E-state index < -0.39 is 0 Å². The third-order valence-corrected chi connectivity index (χ3v) is 4.55. The molecule has 0 aliphatic heterocycles. The van der Waals surface area contributed by atoms with Crippen molar-refractivity contribution in [2.45, 2.75) is 12.7 Å². The van der Waals surface area contributed by atoms with Crippen molar-refractivity contribution in [3.05, 3.63) is 65.7 Å². The number of thiocarbonyl (C=S) groups is 1. The summed E-state index contributed by atoms with van der Waals surface area (Å²) in [5.41, 5.74) is 2.59. The van der Waals surface area contributed by atoms with Gasteiger partial charge in [-0.2, -0.15) is 11.8 Å². The zero-order valence-corrected chi connectivity index (χ0v) is 15.8. The minimum atomic E-state index is -0.331. The molecule has 0 heterocycles. The molecule has 0 saturated carbocycles. The normalized spacial score (nSPS) is 10.1. The van der Waals surface area contributed by atoms with Gasteiger partial charge in [-0.3, -0.25) is 0 Å². The zero-order chi connectivity index (χ0) is 17.9. The van der Waals surface area contributed by atoms with Crippen LogP contribution in [0, 0.1) is 0 Å². The van der Waals surface area contributed by atoms with Crippen molar-refractivity contribution in [3.63, 3.8) is 0 Å². The molecule has 0 atom stereocenters. The van der Waals surface area contributed by atoms with Gasteiger partial charge < -0.3 is 15.4 Å². The van der Waals surface area contributed by atoms with Crippen molar-refractivity contribution in [2.24, 2.45) is 0 Å². The summed E-state index contributed by atoms with van der Waals surface area (Å²) in [7, 11) is 0. The standard InChI is InChI=1S/C19H22N2O2S2/c1-2-23-18(22)16-9-6-10-17(13-16)21-19(24)20-11-12-25-14-15-7-4-3-5-8-15/h3-10,13H,2,11-12,14H2,1H3,(H2,20,21,24). The van der Waals surface area contributed by atoms with Crippen molar-refractivity contribution in [1.82, 2.24) is 5.32 Å². The molecule has 0 fully saturated rings. The first-order chi connectivity index (χ1) is 12.2. The van der Waals surface area contributed by atoms with Crippen molar-refractivity contribution in [1.29, 1.82) is 0 Å². The maximum absolute atomic E-state index is 11.7. The van der Waals surface area contributed by atoms with Gasteiger partial charge in [-0.05, 0) is 42.9 Å². The molecule has 0 spiro atoms. The Kier molecular flexibility index (Phi) is 8.28. The first-order valence-electron chi connectivity index (χ1n) is 8.12. The van der Waals surface area contributed by atoms with Crippen molar-refractivity contribution < 1.29 is 9.53 Å². The fourth-order valence-electron chi connectivity index (χ4n) is 2.11. The Labute approximate surface area is 158 Å². The lowest BCUT2D eigenvalue weighted by molar-refractivity contribution is 0.0526. The minimum absolute atomic E-state index is 0.331. The van der Waals surface area contributed by atoms with Gasteiger partial charge in [0.25, 0.3) is 0 Å². The highest BCUT2D eigenvalue weighted by atomic mass is 32.2. The van der Waals surface area contributed by atoms with Crippen molar-refractivity contribution >= 4 is 40.7 Å². The Balaban J connectivity index is 1.69. The number of benzene rings is 2. The first-order valence-corrected chi connectivity index (χ1v) is 9.69. The van der Waals surface area contributed by atoms with Crippen LogP contribution >= 0.6 is 24.0 Å². The number of carbonyl (C=O) groups excluding carboxylic acids is 1. The van der Waals surface area contributed by atoms with Crippen LogP contribution in [0.15, 0.2) is 54.6 Å². The van der Waals surface area contributed by atoms with Crippen molar-refractivity contribution in [2.75, 3.05) is 24.2 Å². The molecular formula is C19H22N2O2S2. The summed E-state index contributed by atoms with van der Waals surface area (Å²) >= 11 is 7.15. The van der Waals surface area contributed by atoms with Crippen molar-refractivity contribution in [3.8, 4) is 0 Å². The second kappa shape index (κ2) is 10.7. The summed E-state index contributed by atoms with van der Waals surface area (Å²) in [6, 6.07) is 17.5. The Bertz CT molecular complexity index is 693. The summed E-state index contributed by atoms with van der Waals surface area (Å²) in [4.78, 5) is 11.7. The molecule has 0 aliphatic rings. The number of nitrogens with one attached hydrogen (secondary N) is 2. The second-order valence-electron chi connectivity index (χ2n) is 5.22. The number of anilines is 1. The molecule has 0 bridgehead atoms. The van der Waals surface area contributed by atoms with Crippen LogP contribution in [0.4, 0.5) is 5.69 Å². The maximum Gasteiger partial charge on any atom is 0.338 e. The predicted octanol–water partition coefficient (Wildman–Crippen LogP) is 4.08. The average Bonchev–Trinajstić information content (AvgIpc) is 2.63. The summed E-state index contributed by atoms with van der Waals surface area (Å²) in [5, 5.41) is 6.81.